The van der Waals surface area contributed by atoms with Crippen LogP contribution in [0.4, 0.5) is 0 Å². The lowest BCUT2D eigenvalue weighted by Gasteiger charge is -2.44. The molecule has 0 aliphatic carbocycles. The van der Waals surface area contributed by atoms with Gasteiger partial charge in [-0.2, -0.15) is 0 Å². The first-order chi connectivity index (χ1) is 15.6. The highest BCUT2D eigenvalue weighted by Crippen LogP contribution is 2.30. The summed E-state index contributed by atoms with van der Waals surface area (Å²) in [5, 5.41) is 9.18. The van der Waals surface area contributed by atoms with Gasteiger partial charge in [-0.3, -0.25) is 19.2 Å². The summed E-state index contributed by atoms with van der Waals surface area (Å²) in [6, 6.07) is 6.89. The van der Waals surface area contributed by atoms with E-state index >= 15 is 0 Å². The molecule has 11 heteroatoms. The molecule has 0 radical (unpaired) electrons. The zero-order chi connectivity index (χ0) is 24.5. The molecule has 11 nitrogen and oxygen atoms in total. The molecule has 1 fully saturated rings. The first kappa shape index (κ1) is 26.2. The molecule has 0 spiro atoms. The molecule has 5 atom stereocenters. The molecule has 1 saturated heterocycles. The van der Waals surface area contributed by atoms with Crippen molar-refractivity contribution < 1.29 is 52.7 Å². The molecule has 182 valence electrons. The normalized spacial score (nSPS) is 24.5. The van der Waals surface area contributed by atoms with Gasteiger partial charge < -0.3 is 33.5 Å². The van der Waals surface area contributed by atoms with Gasteiger partial charge in [0.05, 0.1) is 13.2 Å². The Morgan fingerprint density at radius 2 is 1.30 bits per heavy atom. The first-order valence-electron chi connectivity index (χ1n) is 10.2. The number of aliphatic hydroxyl groups excluding tert-OH is 1. The number of hydrogen-bond acceptors (Lipinski definition) is 11. The molecule has 0 unspecified atom stereocenters. The molecule has 1 aromatic carbocycles. The van der Waals surface area contributed by atoms with Crippen LogP contribution in [0.25, 0.3) is 0 Å². The molecule has 0 amide bonds. The zero-order valence-corrected chi connectivity index (χ0v) is 18.8. The molecular weight excluding hydrogens is 440 g/mol. The minimum Gasteiger partial charge on any atom is -0.463 e. The highest BCUT2D eigenvalue weighted by Gasteiger charge is 2.52. The van der Waals surface area contributed by atoms with Crippen molar-refractivity contribution in [3.63, 3.8) is 0 Å². The Kier molecular flexibility index (Phi) is 9.76. The van der Waals surface area contributed by atoms with Crippen LogP contribution in [0.3, 0.4) is 0 Å². The molecule has 1 N–H and O–H groups in total. The highest BCUT2D eigenvalue weighted by molar-refractivity contribution is 5.68. The number of esters is 4. The molecule has 0 saturated carbocycles. The maximum Gasteiger partial charge on any atom is 0.303 e. The van der Waals surface area contributed by atoms with E-state index in [9.17, 15) is 24.3 Å². The summed E-state index contributed by atoms with van der Waals surface area (Å²) in [6.45, 7) is 4.21. The van der Waals surface area contributed by atoms with E-state index < -0.39 is 54.6 Å². The zero-order valence-electron chi connectivity index (χ0n) is 18.8. The Morgan fingerprint density at radius 3 is 1.82 bits per heavy atom. The molecule has 33 heavy (non-hydrogen) atoms. The summed E-state index contributed by atoms with van der Waals surface area (Å²) in [4.78, 5) is 46.6. The fraction of sp³-hybridized carbons (Fsp3) is 0.545. The monoisotopic (exact) mass is 468 g/mol. The number of carbonyl (C=O) groups excluding carboxylic acids is 4. The standard InChI is InChI=1S/C22H28O11/c1-12(24)28-11-18-19(30-13(2)25)20(31-14(3)26)21(32-15(4)27)22(33-18)29-10-17-7-5-16(9-23)6-8-17/h5-8,18-23H,9-11H2,1-4H3/t18-,19-,20+,21-,22-/m1/s1. The molecular formula is C22H28O11. The van der Waals surface area contributed by atoms with Gasteiger partial charge in [0.25, 0.3) is 0 Å². The van der Waals surface area contributed by atoms with Crippen molar-refractivity contribution in [2.75, 3.05) is 6.61 Å². The summed E-state index contributed by atoms with van der Waals surface area (Å²) in [5.74, 6) is -2.74. The van der Waals surface area contributed by atoms with Crippen molar-refractivity contribution in [2.24, 2.45) is 0 Å². The maximum atomic E-state index is 11.8. The minimum atomic E-state index is -1.29. The minimum absolute atomic E-state index is 0.0133. The number of benzene rings is 1. The van der Waals surface area contributed by atoms with E-state index in [0.717, 1.165) is 26.3 Å². The van der Waals surface area contributed by atoms with Crippen molar-refractivity contribution in [3.8, 4) is 0 Å². The Bertz CT molecular complexity index is 835. The highest BCUT2D eigenvalue weighted by atomic mass is 16.7. The predicted molar refractivity (Wildman–Crippen MR) is 109 cm³/mol. The van der Waals surface area contributed by atoms with Gasteiger partial charge in [-0.15, -0.1) is 0 Å². The third kappa shape index (κ3) is 8.12. The SMILES string of the molecule is CC(=O)OC[C@H]1O[C@@H](OCc2ccc(CO)cc2)[C@H](OC(C)=O)[C@@H](OC(C)=O)[C@@H]1OC(C)=O. The molecule has 0 bridgehead atoms. The van der Waals surface area contributed by atoms with Crippen LogP contribution in [0.5, 0.6) is 0 Å². The molecule has 1 aliphatic rings. The second kappa shape index (κ2) is 12.3. The lowest BCUT2D eigenvalue weighted by Crippen LogP contribution is -2.62. The smallest absolute Gasteiger partial charge is 0.303 e. The first-order valence-corrected chi connectivity index (χ1v) is 10.2. The van der Waals surface area contributed by atoms with Crippen LogP contribution in [0.1, 0.15) is 38.8 Å². The Balaban J connectivity index is 2.33. The van der Waals surface area contributed by atoms with Crippen LogP contribution in [0.15, 0.2) is 24.3 Å². The fourth-order valence-corrected chi connectivity index (χ4v) is 3.24. The van der Waals surface area contributed by atoms with E-state index in [2.05, 4.69) is 0 Å². The van der Waals surface area contributed by atoms with Crippen LogP contribution >= 0.6 is 0 Å². The Morgan fingerprint density at radius 1 is 0.788 bits per heavy atom. The van der Waals surface area contributed by atoms with Crippen molar-refractivity contribution >= 4 is 23.9 Å². The third-order valence-electron chi connectivity index (χ3n) is 4.57. The van der Waals surface area contributed by atoms with E-state index in [1.165, 1.54) is 6.92 Å². The fourth-order valence-electron chi connectivity index (χ4n) is 3.24. The van der Waals surface area contributed by atoms with Crippen molar-refractivity contribution in [3.05, 3.63) is 35.4 Å². The number of ether oxygens (including phenoxy) is 6. The Hall–Kier alpha value is -3.02. The molecule has 2 rings (SSSR count). The van der Waals surface area contributed by atoms with Gasteiger partial charge in [-0.25, -0.2) is 0 Å². The van der Waals surface area contributed by atoms with Crippen LogP contribution in [0, 0.1) is 0 Å². The van der Waals surface area contributed by atoms with Gasteiger partial charge in [0.1, 0.15) is 12.7 Å². The van der Waals surface area contributed by atoms with Gasteiger partial charge in [0.15, 0.2) is 24.6 Å². The largest absolute Gasteiger partial charge is 0.463 e. The van der Waals surface area contributed by atoms with Crippen molar-refractivity contribution in [2.45, 2.75) is 71.6 Å². The van der Waals surface area contributed by atoms with E-state index in [4.69, 9.17) is 28.4 Å². The van der Waals surface area contributed by atoms with Crippen molar-refractivity contribution in [1.29, 1.82) is 0 Å². The molecule has 1 aromatic rings. The average molecular weight is 468 g/mol. The lowest BCUT2D eigenvalue weighted by molar-refractivity contribution is -0.310. The Labute approximate surface area is 190 Å². The summed E-state index contributed by atoms with van der Waals surface area (Å²) >= 11 is 0. The number of aliphatic hydroxyl groups is 1. The van der Waals surface area contributed by atoms with Gasteiger partial charge in [0.2, 0.25) is 0 Å². The summed E-state index contributed by atoms with van der Waals surface area (Å²) in [6.07, 6.45) is -6.12. The van der Waals surface area contributed by atoms with Gasteiger partial charge in [0, 0.05) is 27.7 Å². The second-order valence-electron chi connectivity index (χ2n) is 7.35. The van der Waals surface area contributed by atoms with Gasteiger partial charge in [-0.05, 0) is 11.1 Å². The maximum absolute atomic E-state index is 11.8. The van der Waals surface area contributed by atoms with Crippen LogP contribution < -0.4 is 0 Å². The predicted octanol–water partition coefficient (Wildman–Crippen LogP) is 0.779. The topological polar surface area (TPSA) is 144 Å². The van der Waals surface area contributed by atoms with Gasteiger partial charge >= 0.3 is 23.9 Å². The molecule has 1 heterocycles. The van der Waals surface area contributed by atoms with E-state index in [1.54, 1.807) is 24.3 Å². The van der Waals surface area contributed by atoms with Crippen LogP contribution in [-0.4, -0.2) is 66.3 Å². The molecule has 1 aliphatic heterocycles. The summed E-state index contributed by atoms with van der Waals surface area (Å²) in [7, 11) is 0. The average Bonchev–Trinajstić information content (AvgIpc) is 2.73. The van der Waals surface area contributed by atoms with E-state index in [-0.39, 0.29) is 19.8 Å². The summed E-state index contributed by atoms with van der Waals surface area (Å²) in [5.41, 5.74) is 1.44. The molecule has 0 aromatic heterocycles. The third-order valence-corrected chi connectivity index (χ3v) is 4.57. The van der Waals surface area contributed by atoms with Crippen LogP contribution in [0.2, 0.25) is 0 Å². The van der Waals surface area contributed by atoms with Crippen molar-refractivity contribution in [1.82, 2.24) is 0 Å². The quantitative estimate of drug-likeness (QED) is 0.405. The second-order valence-corrected chi connectivity index (χ2v) is 7.35. The van der Waals surface area contributed by atoms with Crippen LogP contribution in [-0.2, 0) is 60.8 Å². The number of hydrogen-bond donors (Lipinski definition) is 1. The summed E-state index contributed by atoms with van der Waals surface area (Å²) < 4.78 is 32.7. The van der Waals surface area contributed by atoms with E-state index in [1.807, 2.05) is 0 Å². The number of carbonyl (C=O) groups is 4. The van der Waals surface area contributed by atoms with E-state index in [0.29, 0.717) is 5.56 Å². The van der Waals surface area contributed by atoms with Gasteiger partial charge in [-0.1, -0.05) is 24.3 Å². The lowest BCUT2D eigenvalue weighted by atomic mass is 9.98. The number of rotatable bonds is 9.